The molecule has 1 fully saturated rings. The van der Waals surface area contributed by atoms with Crippen molar-refractivity contribution in [2.24, 2.45) is 11.3 Å². The second-order valence-electron chi connectivity index (χ2n) is 5.12. The van der Waals surface area contributed by atoms with Gasteiger partial charge in [-0.05, 0) is 31.6 Å². The van der Waals surface area contributed by atoms with Crippen LogP contribution in [-0.4, -0.2) is 12.5 Å². The van der Waals surface area contributed by atoms with Gasteiger partial charge in [0.25, 0.3) is 0 Å². The Morgan fingerprint density at radius 1 is 1.29 bits per heavy atom. The molecule has 3 nitrogen and oxygen atoms in total. The first kappa shape index (κ1) is 14.0. The summed E-state index contributed by atoms with van der Waals surface area (Å²) in [7, 11) is 0. The molecular weight excluding hydrogens is 212 g/mol. The van der Waals surface area contributed by atoms with Crippen LogP contribution in [0.2, 0.25) is 0 Å². The Hall–Kier alpha value is -1.04. The van der Waals surface area contributed by atoms with Crippen LogP contribution in [0, 0.1) is 22.7 Å². The van der Waals surface area contributed by atoms with E-state index in [1.807, 2.05) is 13.8 Å². The number of carbonyl (C=O) groups is 1. The quantitative estimate of drug-likeness (QED) is 0.797. The molecule has 96 valence electrons. The molecule has 0 unspecified atom stereocenters. The lowest BCUT2D eigenvalue weighted by molar-refractivity contribution is -0.128. The Morgan fingerprint density at radius 3 is 2.35 bits per heavy atom. The number of carbonyl (C=O) groups excluding carboxylic acids is 1. The summed E-state index contributed by atoms with van der Waals surface area (Å²) in [6, 6.07) is 2.19. The number of hydrogen-bond donors (Lipinski definition) is 1. The number of nitrogens with zero attached hydrogens (tertiary/aromatic N) is 1. The maximum absolute atomic E-state index is 12.1. The van der Waals surface area contributed by atoms with Crippen molar-refractivity contribution in [3.8, 4) is 6.07 Å². The third-order valence-electron chi connectivity index (χ3n) is 4.13. The van der Waals surface area contributed by atoms with Crippen LogP contribution in [-0.2, 0) is 4.79 Å². The highest BCUT2D eigenvalue weighted by molar-refractivity contribution is 5.85. The summed E-state index contributed by atoms with van der Waals surface area (Å²) < 4.78 is 0. The van der Waals surface area contributed by atoms with Crippen LogP contribution < -0.4 is 5.32 Å². The summed E-state index contributed by atoms with van der Waals surface area (Å²) in [4.78, 5) is 12.1. The zero-order chi connectivity index (χ0) is 12.7. The molecule has 0 heterocycles. The summed E-state index contributed by atoms with van der Waals surface area (Å²) >= 11 is 0. The molecule has 0 saturated heterocycles. The van der Waals surface area contributed by atoms with Crippen molar-refractivity contribution in [1.29, 1.82) is 5.26 Å². The number of hydrogen-bond acceptors (Lipinski definition) is 2. The van der Waals surface area contributed by atoms with Crippen molar-refractivity contribution < 1.29 is 4.79 Å². The van der Waals surface area contributed by atoms with Gasteiger partial charge in [0.05, 0.1) is 6.07 Å². The first-order valence-electron chi connectivity index (χ1n) is 6.88. The van der Waals surface area contributed by atoms with E-state index in [1.54, 1.807) is 0 Å². The summed E-state index contributed by atoms with van der Waals surface area (Å²) in [5.74, 6) is 0.549. The molecule has 3 heteroatoms. The van der Waals surface area contributed by atoms with E-state index in [-0.39, 0.29) is 5.91 Å². The lowest BCUT2D eigenvalue weighted by Crippen LogP contribution is -2.41. The van der Waals surface area contributed by atoms with Crippen LogP contribution in [0.1, 0.15) is 58.8 Å². The van der Waals surface area contributed by atoms with E-state index in [9.17, 15) is 10.1 Å². The molecule has 0 radical (unpaired) electrons. The largest absolute Gasteiger partial charge is 0.354 e. The SMILES string of the molecule is CCC(C#N)(CC)C(=O)NCC1CCCCC1. The van der Waals surface area contributed by atoms with Gasteiger partial charge in [0.15, 0.2) is 0 Å². The topological polar surface area (TPSA) is 52.9 Å². The van der Waals surface area contributed by atoms with Crippen molar-refractivity contribution in [3.05, 3.63) is 0 Å². The van der Waals surface area contributed by atoms with E-state index in [0.717, 1.165) is 6.54 Å². The van der Waals surface area contributed by atoms with E-state index in [1.165, 1.54) is 32.1 Å². The van der Waals surface area contributed by atoms with Crippen LogP contribution in [0.5, 0.6) is 0 Å². The van der Waals surface area contributed by atoms with E-state index in [0.29, 0.717) is 18.8 Å². The lowest BCUT2D eigenvalue weighted by atomic mass is 9.82. The fraction of sp³-hybridized carbons (Fsp3) is 0.857. The normalized spacial score (nSPS) is 17.5. The van der Waals surface area contributed by atoms with Gasteiger partial charge in [-0.2, -0.15) is 5.26 Å². The minimum absolute atomic E-state index is 0.0735. The highest BCUT2D eigenvalue weighted by atomic mass is 16.2. The molecule has 17 heavy (non-hydrogen) atoms. The molecule has 0 atom stereocenters. The second-order valence-corrected chi connectivity index (χ2v) is 5.12. The van der Waals surface area contributed by atoms with Crippen LogP contribution in [0.3, 0.4) is 0 Å². The van der Waals surface area contributed by atoms with Crippen LogP contribution in [0.15, 0.2) is 0 Å². The maximum atomic E-state index is 12.1. The first-order valence-corrected chi connectivity index (χ1v) is 6.88. The Bertz CT molecular complexity index is 283. The van der Waals surface area contributed by atoms with Gasteiger partial charge >= 0.3 is 0 Å². The maximum Gasteiger partial charge on any atom is 0.240 e. The third-order valence-corrected chi connectivity index (χ3v) is 4.13. The molecule has 0 aliphatic heterocycles. The van der Waals surface area contributed by atoms with E-state index < -0.39 is 5.41 Å². The van der Waals surface area contributed by atoms with Crippen molar-refractivity contribution in [2.75, 3.05) is 6.54 Å². The smallest absolute Gasteiger partial charge is 0.240 e. The molecule has 0 aromatic heterocycles. The summed E-state index contributed by atoms with van der Waals surface area (Å²) in [5.41, 5.74) is -0.811. The van der Waals surface area contributed by atoms with Crippen LogP contribution in [0.4, 0.5) is 0 Å². The Balaban J connectivity index is 2.45. The molecule has 1 saturated carbocycles. The van der Waals surface area contributed by atoms with Gasteiger partial charge in [0.2, 0.25) is 5.91 Å². The molecule has 1 aliphatic rings. The lowest BCUT2D eigenvalue weighted by Gasteiger charge is -2.26. The number of rotatable bonds is 5. The zero-order valence-electron chi connectivity index (χ0n) is 11.1. The predicted molar refractivity (Wildman–Crippen MR) is 68.2 cm³/mol. The molecular formula is C14H24N2O. The van der Waals surface area contributed by atoms with E-state index >= 15 is 0 Å². The molecule has 1 amide bonds. The monoisotopic (exact) mass is 236 g/mol. The van der Waals surface area contributed by atoms with Gasteiger partial charge in [-0.15, -0.1) is 0 Å². The Morgan fingerprint density at radius 2 is 1.88 bits per heavy atom. The molecule has 0 bridgehead atoms. The molecule has 0 spiro atoms. The van der Waals surface area contributed by atoms with Crippen molar-refractivity contribution in [2.45, 2.75) is 58.8 Å². The average molecular weight is 236 g/mol. The van der Waals surface area contributed by atoms with Crippen molar-refractivity contribution in [3.63, 3.8) is 0 Å². The van der Waals surface area contributed by atoms with Gasteiger partial charge in [0.1, 0.15) is 5.41 Å². The van der Waals surface area contributed by atoms with Crippen molar-refractivity contribution >= 4 is 5.91 Å². The highest BCUT2D eigenvalue weighted by Crippen LogP contribution is 2.27. The molecule has 1 rings (SSSR count). The summed E-state index contributed by atoms with van der Waals surface area (Å²) in [6.45, 7) is 4.57. The summed E-state index contributed by atoms with van der Waals surface area (Å²) in [6.07, 6.45) is 7.52. The first-order chi connectivity index (χ1) is 8.18. The standard InChI is InChI=1S/C14H24N2O/c1-3-14(4-2,11-15)13(17)16-10-12-8-6-5-7-9-12/h12H,3-10H2,1-2H3,(H,16,17). The number of nitriles is 1. The van der Waals surface area contributed by atoms with Crippen molar-refractivity contribution in [1.82, 2.24) is 5.32 Å². The van der Waals surface area contributed by atoms with Gasteiger partial charge in [0, 0.05) is 6.54 Å². The predicted octanol–water partition coefficient (Wildman–Crippen LogP) is 3.01. The number of nitrogens with one attached hydrogen (secondary N) is 1. The van der Waals surface area contributed by atoms with Crippen LogP contribution in [0.25, 0.3) is 0 Å². The Labute approximate surface area is 105 Å². The Kier molecular flexibility index (Phi) is 5.47. The van der Waals surface area contributed by atoms with Gasteiger partial charge < -0.3 is 5.32 Å². The van der Waals surface area contributed by atoms with E-state index in [2.05, 4.69) is 11.4 Å². The van der Waals surface area contributed by atoms with Gasteiger partial charge in [-0.1, -0.05) is 33.1 Å². The third kappa shape index (κ3) is 3.46. The van der Waals surface area contributed by atoms with Crippen LogP contribution >= 0.6 is 0 Å². The fourth-order valence-electron chi connectivity index (χ4n) is 2.58. The second kappa shape index (κ2) is 6.64. The number of amides is 1. The fourth-order valence-corrected chi connectivity index (χ4v) is 2.58. The zero-order valence-corrected chi connectivity index (χ0v) is 11.1. The van der Waals surface area contributed by atoms with Gasteiger partial charge in [-0.3, -0.25) is 4.79 Å². The minimum Gasteiger partial charge on any atom is -0.354 e. The molecule has 1 aliphatic carbocycles. The van der Waals surface area contributed by atoms with E-state index in [4.69, 9.17) is 0 Å². The average Bonchev–Trinajstić information content (AvgIpc) is 2.40. The van der Waals surface area contributed by atoms with Gasteiger partial charge in [-0.25, -0.2) is 0 Å². The molecule has 1 N–H and O–H groups in total. The minimum atomic E-state index is -0.811. The molecule has 0 aromatic rings. The highest BCUT2D eigenvalue weighted by Gasteiger charge is 2.35. The summed E-state index contributed by atoms with van der Waals surface area (Å²) in [5, 5.41) is 12.2. The molecule has 0 aromatic carbocycles.